The van der Waals surface area contributed by atoms with Crippen molar-refractivity contribution < 1.29 is 13.9 Å². The Hall–Kier alpha value is -2.38. The minimum absolute atomic E-state index is 0.00457. The number of thiocarbonyl (C=S) groups is 1. The van der Waals surface area contributed by atoms with E-state index in [0.29, 0.717) is 37.8 Å². The smallest absolute Gasteiger partial charge is 0.260 e. The Balaban J connectivity index is 1.79. The number of rotatable bonds is 4. The van der Waals surface area contributed by atoms with Crippen LogP contribution in [0.5, 0.6) is 11.5 Å². The lowest BCUT2D eigenvalue weighted by Gasteiger charge is -2.18. The van der Waals surface area contributed by atoms with Crippen molar-refractivity contribution in [2.75, 3.05) is 5.32 Å². The molecule has 1 amide bonds. The number of nitrogens with one attached hydrogen (secondary N) is 2. The molecule has 0 radical (unpaired) electrons. The summed E-state index contributed by atoms with van der Waals surface area (Å²) >= 11 is 23.8. The van der Waals surface area contributed by atoms with Crippen LogP contribution in [0.2, 0.25) is 15.1 Å². The van der Waals surface area contributed by atoms with Crippen molar-refractivity contribution in [3.05, 3.63) is 86.1 Å². The number of hydrogen-bond acceptors (Lipinski definition) is 3. The lowest BCUT2D eigenvalue weighted by Crippen LogP contribution is -2.35. The summed E-state index contributed by atoms with van der Waals surface area (Å²) in [5, 5.41) is 6.58. The molecule has 3 aromatic carbocycles. The number of halogens is 4. The van der Waals surface area contributed by atoms with Crippen LogP contribution in [0.15, 0.2) is 48.5 Å². The lowest BCUT2D eigenvalue weighted by atomic mass is 10.1. The number of hydrogen-bond donors (Lipinski definition) is 2. The van der Waals surface area contributed by atoms with Crippen molar-refractivity contribution in [3.8, 4) is 11.5 Å². The topological polar surface area (TPSA) is 50.4 Å². The molecule has 3 aromatic rings. The fourth-order valence-electron chi connectivity index (χ4n) is 2.83. The van der Waals surface area contributed by atoms with Crippen LogP contribution in [-0.4, -0.2) is 11.0 Å². The summed E-state index contributed by atoms with van der Waals surface area (Å²) in [6.07, 6.45) is 0. The SMILES string of the molecule is Cc1cc(Oc2ccc(Cl)cc2Cl)c(Cl)c(C)c1NC(=S)NC(=O)c1ccccc1F. The maximum atomic E-state index is 13.8. The van der Waals surface area contributed by atoms with Gasteiger partial charge in [-0.25, -0.2) is 4.39 Å². The average Bonchev–Trinajstić information content (AvgIpc) is 2.71. The number of ether oxygens (including phenoxy) is 1. The van der Waals surface area contributed by atoms with Gasteiger partial charge in [0.25, 0.3) is 5.91 Å². The molecule has 0 aliphatic heterocycles. The van der Waals surface area contributed by atoms with Crippen molar-refractivity contribution in [3.63, 3.8) is 0 Å². The van der Waals surface area contributed by atoms with Crippen molar-refractivity contribution in [2.24, 2.45) is 0 Å². The summed E-state index contributed by atoms with van der Waals surface area (Å²) < 4.78 is 19.7. The Bertz CT molecular complexity index is 1190. The fraction of sp³-hybridized carbons (Fsp3) is 0.0909. The van der Waals surface area contributed by atoms with Crippen LogP contribution in [0.1, 0.15) is 21.5 Å². The van der Waals surface area contributed by atoms with Crippen molar-refractivity contribution in [2.45, 2.75) is 13.8 Å². The van der Waals surface area contributed by atoms with Crippen molar-refractivity contribution in [1.82, 2.24) is 5.32 Å². The first-order valence-electron chi connectivity index (χ1n) is 8.97. The molecule has 0 saturated heterocycles. The third-order valence-electron chi connectivity index (χ3n) is 4.36. The highest BCUT2D eigenvalue weighted by atomic mass is 35.5. The second kappa shape index (κ2) is 9.83. The van der Waals surface area contributed by atoms with Gasteiger partial charge in [-0.15, -0.1) is 0 Å². The molecule has 0 atom stereocenters. The zero-order chi connectivity index (χ0) is 22.7. The van der Waals surface area contributed by atoms with Gasteiger partial charge in [0.05, 0.1) is 15.6 Å². The maximum absolute atomic E-state index is 13.8. The Morgan fingerprint density at radius 2 is 1.74 bits per heavy atom. The number of amides is 1. The van der Waals surface area contributed by atoms with Crippen molar-refractivity contribution >= 4 is 63.7 Å². The predicted octanol–water partition coefficient (Wildman–Crippen LogP) is 7.32. The van der Waals surface area contributed by atoms with E-state index in [1.165, 1.54) is 18.2 Å². The molecule has 0 aliphatic carbocycles. The standard InChI is InChI=1S/C22H16Cl3FN2O2S/c1-11-9-18(30-17-8-7-13(23)10-15(17)24)19(25)12(2)20(11)27-22(31)28-21(29)14-5-3-4-6-16(14)26/h3-10H,1-2H3,(H2,27,28,29,31). The molecule has 160 valence electrons. The third kappa shape index (κ3) is 5.46. The molecule has 0 heterocycles. The number of carbonyl (C=O) groups excluding carboxylic acids is 1. The Morgan fingerprint density at radius 3 is 2.42 bits per heavy atom. The van der Waals surface area contributed by atoms with Gasteiger partial charge in [0.2, 0.25) is 0 Å². The van der Waals surface area contributed by atoms with Crippen LogP contribution in [0.4, 0.5) is 10.1 Å². The van der Waals surface area contributed by atoms with Crippen LogP contribution >= 0.6 is 47.0 Å². The van der Waals surface area contributed by atoms with Gasteiger partial charge < -0.3 is 10.1 Å². The fourth-order valence-corrected chi connectivity index (χ4v) is 3.66. The largest absolute Gasteiger partial charge is 0.454 e. The van der Waals surface area contributed by atoms with Gasteiger partial charge in [-0.1, -0.05) is 46.9 Å². The Morgan fingerprint density at radius 1 is 1.03 bits per heavy atom. The van der Waals surface area contributed by atoms with Gasteiger partial charge in [0, 0.05) is 10.7 Å². The molecule has 0 aromatic heterocycles. The molecule has 0 unspecified atom stereocenters. The molecule has 0 spiro atoms. The van der Waals surface area contributed by atoms with Crippen molar-refractivity contribution in [1.29, 1.82) is 0 Å². The molecular formula is C22H16Cl3FN2O2S. The van der Waals surface area contributed by atoms with E-state index in [-0.39, 0.29) is 10.7 Å². The zero-order valence-corrected chi connectivity index (χ0v) is 19.4. The summed E-state index contributed by atoms with van der Waals surface area (Å²) in [6.45, 7) is 3.60. The second-order valence-electron chi connectivity index (χ2n) is 6.57. The first kappa shape index (κ1) is 23.3. The average molecular weight is 498 g/mol. The lowest BCUT2D eigenvalue weighted by molar-refractivity contribution is 0.0974. The minimum atomic E-state index is -0.658. The van der Waals surface area contributed by atoms with E-state index in [2.05, 4.69) is 10.6 Å². The van der Waals surface area contributed by atoms with Crippen LogP contribution in [-0.2, 0) is 0 Å². The normalized spacial score (nSPS) is 10.5. The molecular weight excluding hydrogens is 482 g/mol. The molecule has 0 bridgehead atoms. The number of carbonyl (C=O) groups is 1. The maximum Gasteiger partial charge on any atom is 0.260 e. The number of aryl methyl sites for hydroxylation is 1. The van der Waals surface area contributed by atoms with Gasteiger partial charge in [0.15, 0.2) is 5.11 Å². The molecule has 0 fully saturated rings. The van der Waals surface area contributed by atoms with E-state index >= 15 is 0 Å². The molecule has 0 saturated carbocycles. The van der Waals surface area contributed by atoms with E-state index < -0.39 is 11.7 Å². The van der Waals surface area contributed by atoms with E-state index in [1.807, 2.05) is 6.92 Å². The van der Waals surface area contributed by atoms with E-state index in [4.69, 9.17) is 51.8 Å². The molecule has 3 rings (SSSR count). The highest BCUT2D eigenvalue weighted by Crippen LogP contribution is 2.40. The summed E-state index contributed by atoms with van der Waals surface area (Å²) in [5.41, 5.74) is 1.88. The Labute approximate surface area is 199 Å². The highest BCUT2D eigenvalue weighted by molar-refractivity contribution is 7.80. The quantitative estimate of drug-likeness (QED) is 0.371. The second-order valence-corrected chi connectivity index (χ2v) is 8.20. The molecule has 4 nitrogen and oxygen atoms in total. The van der Waals surface area contributed by atoms with Gasteiger partial charge in [-0.2, -0.15) is 0 Å². The van der Waals surface area contributed by atoms with Gasteiger partial charge >= 0.3 is 0 Å². The third-order valence-corrected chi connectivity index (χ3v) is 5.56. The Kier molecular flexibility index (Phi) is 7.38. The highest BCUT2D eigenvalue weighted by Gasteiger charge is 2.17. The van der Waals surface area contributed by atoms with E-state index in [1.54, 1.807) is 37.3 Å². The molecule has 0 aliphatic rings. The van der Waals surface area contributed by atoms with Gasteiger partial charge in [-0.05, 0) is 73.6 Å². The summed E-state index contributed by atoms with van der Waals surface area (Å²) in [7, 11) is 0. The van der Waals surface area contributed by atoms with E-state index in [0.717, 1.165) is 5.56 Å². The molecule has 2 N–H and O–H groups in total. The summed E-state index contributed by atoms with van der Waals surface area (Å²) in [4.78, 5) is 12.3. The van der Waals surface area contributed by atoms with Crippen LogP contribution < -0.4 is 15.4 Å². The zero-order valence-electron chi connectivity index (χ0n) is 16.4. The van der Waals surface area contributed by atoms with Gasteiger partial charge in [-0.3, -0.25) is 10.1 Å². The van der Waals surface area contributed by atoms with Gasteiger partial charge in [0.1, 0.15) is 17.3 Å². The van der Waals surface area contributed by atoms with Crippen LogP contribution in [0, 0.1) is 19.7 Å². The van der Waals surface area contributed by atoms with Crippen LogP contribution in [0.3, 0.4) is 0 Å². The van der Waals surface area contributed by atoms with Crippen LogP contribution in [0.25, 0.3) is 0 Å². The minimum Gasteiger partial charge on any atom is -0.454 e. The number of benzene rings is 3. The first-order chi connectivity index (χ1) is 14.7. The molecule has 9 heteroatoms. The predicted molar refractivity (Wildman–Crippen MR) is 128 cm³/mol. The van der Waals surface area contributed by atoms with E-state index in [9.17, 15) is 9.18 Å². The molecule has 31 heavy (non-hydrogen) atoms. The monoisotopic (exact) mass is 496 g/mol. The summed E-state index contributed by atoms with van der Waals surface area (Å²) in [5.74, 6) is -0.497. The number of anilines is 1. The first-order valence-corrected chi connectivity index (χ1v) is 10.5. The summed E-state index contributed by atoms with van der Waals surface area (Å²) in [6, 6.07) is 12.2.